The Hall–Kier alpha value is -1.67. The molecule has 1 aliphatic rings. The third-order valence-corrected chi connectivity index (χ3v) is 5.02. The molecule has 8 heteroatoms. The molecular formula is C11H14N2O5S. The fourth-order valence-electron chi connectivity index (χ4n) is 2.11. The molecule has 2 rings (SSSR count). The van der Waals surface area contributed by atoms with Crippen molar-refractivity contribution in [1.82, 2.24) is 9.29 Å². The van der Waals surface area contributed by atoms with Crippen molar-refractivity contribution < 1.29 is 18.3 Å². The summed E-state index contributed by atoms with van der Waals surface area (Å²) < 4.78 is 25.6. The van der Waals surface area contributed by atoms with Crippen molar-refractivity contribution in [3.05, 3.63) is 28.7 Å². The van der Waals surface area contributed by atoms with Crippen LogP contribution < -0.4 is 5.56 Å². The van der Waals surface area contributed by atoms with Gasteiger partial charge in [0.25, 0.3) is 5.56 Å². The molecule has 0 unspecified atom stereocenters. The summed E-state index contributed by atoms with van der Waals surface area (Å²) in [5, 5.41) is 8.96. The maximum absolute atomic E-state index is 12.3. The molecule has 1 aromatic rings. The van der Waals surface area contributed by atoms with Gasteiger partial charge in [0.05, 0.1) is 5.92 Å². The Balaban J connectivity index is 2.33. The Labute approximate surface area is 109 Å². The van der Waals surface area contributed by atoms with Gasteiger partial charge in [-0.05, 0) is 25.0 Å². The molecule has 0 spiro atoms. The number of aromatic nitrogens is 1. The molecule has 0 aromatic carbocycles. The number of nitrogens with one attached hydrogen (secondary N) is 1. The lowest BCUT2D eigenvalue weighted by Gasteiger charge is -2.29. The standard InChI is InChI=1S/C11H14N2O5S/c14-10-9(4-1-5-12-10)19(17,18)13-6-2-3-8(7-13)11(15)16/h1,4-5,8H,2-3,6-7H2,(H,12,14)(H,15,16)/t8-/m1/s1. The molecule has 19 heavy (non-hydrogen) atoms. The molecule has 1 fully saturated rings. The number of pyridine rings is 1. The fourth-order valence-corrected chi connectivity index (χ4v) is 3.68. The first-order valence-electron chi connectivity index (χ1n) is 5.83. The number of carboxylic acids is 1. The summed E-state index contributed by atoms with van der Waals surface area (Å²) in [4.78, 5) is 24.4. The average molecular weight is 286 g/mol. The monoisotopic (exact) mass is 286 g/mol. The van der Waals surface area contributed by atoms with Gasteiger partial charge in [-0.1, -0.05) is 0 Å². The molecule has 1 atom stereocenters. The zero-order valence-corrected chi connectivity index (χ0v) is 10.9. The van der Waals surface area contributed by atoms with E-state index in [9.17, 15) is 18.0 Å². The summed E-state index contributed by atoms with van der Waals surface area (Å²) >= 11 is 0. The van der Waals surface area contributed by atoms with Crippen molar-refractivity contribution in [2.45, 2.75) is 17.7 Å². The molecule has 0 amide bonds. The van der Waals surface area contributed by atoms with E-state index in [-0.39, 0.29) is 18.0 Å². The van der Waals surface area contributed by atoms with E-state index < -0.39 is 27.5 Å². The zero-order chi connectivity index (χ0) is 14.0. The number of hydrogen-bond acceptors (Lipinski definition) is 4. The summed E-state index contributed by atoms with van der Waals surface area (Å²) in [6.07, 6.45) is 2.27. The lowest BCUT2D eigenvalue weighted by atomic mass is 10.0. The minimum absolute atomic E-state index is 0.0913. The van der Waals surface area contributed by atoms with E-state index in [0.29, 0.717) is 12.8 Å². The number of aromatic amines is 1. The maximum Gasteiger partial charge on any atom is 0.307 e. The summed E-state index contributed by atoms with van der Waals surface area (Å²) in [7, 11) is -3.93. The van der Waals surface area contributed by atoms with E-state index in [1.165, 1.54) is 18.3 Å². The Bertz CT molecular complexity index is 636. The van der Waals surface area contributed by atoms with Crippen LogP contribution in [0.2, 0.25) is 0 Å². The van der Waals surface area contributed by atoms with Gasteiger partial charge in [0.15, 0.2) is 0 Å². The molecule has 2 heterocycles. The number of carboxylic acid groups (broad SMARTS) is 1. The van der Waals surface area contributed by atoms with Crippen LogP contribution >= 0.6 is 0 Å². The Kier molecular flexibility index (Phi) is 3.72. The number of H-pyrrole nitrogens is 1. The first-order chi connectivity index (χ1) is 8.93. The molecule has 0 aliphatic carbocycles. The fraction of sp³-hybridized carbons (Fsp3) is 0.455. The number of sulfonamides is 1. The quantitative estimate of drug-likeness (QED) is 0.804. The second-order valence-corrected chi connectivity index (χ2v) is 6.31. The van der Waals surface area contributed by atoms with Crippen molar-refractivity contribution in [3.8, 4) is 0 Å². The van der Waals surface area contributed by atoms with Crippen molar-refractivity contribution in [2.75, 3.05) is 13.1 Å². The molecule has 0 bridgehead atoms. The highest BCUT2D eigenvalue weighted by molar-refractivity contribution is 7.89. The van der Waals surface area contributed by atoms with Crippen LogP contribution in [0.15, 0.2) is 28.0 Å². The van der Waals surface area contributed by atoms with Gasteiger partial charge >= 0.3 is 5.97 Å². The highest BCUT2D eigenvalue weighted by atomic mass is 32.2. The Morgan fingerprint density at radius 3 is 2.84 bits per heavy atom. The third kappa shape index (κ3) is 2.69. The van der Waals surface area contributed by atoms with Crippen LogP contribution in [0.1, 0.15) is 12.8 Å². The van der Waals surface area contributed by atoms with E-state index in [4.69, 9.17) is 5.11 Å². The van der Waals surface area contributed by atoms with Gasteiger partial charge in [-0.15, -0.1) is 0 Å². The number of nitrogens with zero attached hydrogens (tertiary/aromatic N) is 1. The van der Waals surface area contributed by atoms with Gasteiger partial charge in [0.1, 0.15) is 4.90 Å². The molecule has 104 valence electrons. The van der Waals surface area contributed by atoms with Gasteiger partial charge in [-0.25, -0.2) is 8.42 Å². The van der Waals surface area contributed by atoms with Crippen LogP contribution in [0.4, 0.5) is 0 Å². The highest BCUT2D eigenvalue weighted by Gasteiger charge is 2.34. The number of aliphatic carboxylic acids is 1. The average Bonchev–Trinajstić information content (AvgIpc) is 2.39. The second kappa shape index (κ2) is 5.14. The predicted octanol–water partition coefficient (Wildman–Crippen LogP) is -0.140. The van der Waals surface area contributed by atoms with E-state index in [0.717, 1.165) is 4.31 Å². The molecule has 1 saturated heterocycles. The largest absolute Gasteiger partial charge is 0.481 e. The molecule has 0 radical (unpaired) electrons. The summed E-state index contributed by atoms with van der Waals surface area (Å²) in [6, 6.07) is 2.64. The van der Waals surface area contributed by atoms with Gasteiger partial charge in [0, 0.05) is 19.3 Å². The molecule has 7 nitrogen and oxygen atoms in total. The smallest absolute Gasteiger partial charge is 0.307 e. The maximum atomic E-state index is 12.3. The Morgan fingerprint density at radius 2 is 2.21 bits per heavy atom. The lowest BCUT2D eigenvalue weighted by molar-refractivity contribution is -0.142. The van der Waals surface area contributed by atoms with E-state index in [1.54, 1.807) is 0 Å². The van der Waals surface area contributed by atoms with Crippen molar-refractivity contribution in [1.29, 1.82) is 0 Å². The predicted molar refractivity (Wildman–Crippen MR) is 66.2 cm³/mol. The van der Waals surface area contributed by atoms with E-state index in [1.807, 2.05) is 0 Å². The van der Waals surface area contributed by atoms with Crippen LogP contribution in [0, 0.1) is 5.92 Å². The first-order valence-corrected chi connectivity index (χ1v) is 7.27. The van der Waals surface area contributed by atoms with Crippen LogP contribution in [0.25, 0.3) is 0 Å². The van der Waals surface area contributed by atoms with Gasteiger partial charge in [-0.3, -0.25) is 9.59 Å². The SMILES string of the molecule is O=C(O)[C@@H]1CCCN(S(=O)(=O)c2ccc[nH]c2=O)C1. The number of rotatable bonds is 3. The third-order valence-electron chi connectivity index (χ3n) is 3.13. The van der Waals surface area contributed by atoms with Crippen LogP contribution in [-0.2, 0) is 14.8 Å². The number of carbonyl (C=O) groups is 1. The zero-order valence-electron chi connectivity index (χ0n) is 10.1. The Morgan fingerprint density at radius 1 is 1.47 bits per heavy atom. The number of hydrogen-bond donors (Lipinski definition) is 2. The van der Waals surface area contributed by atoms with Gasteiger partial charge < -0.3 is 10.1 Å². The lowest BCUT2D eigenvalue weighted by Crippen LogP contribution is -2.43. The molecule has 2 N–H and O–H groups in total. The van der Waals surface area contributed by atoms with Gasteiger partial charge in [-0.2, -0.15) is 4.31 Å². The van der Waals surface area contributed by atoms with Crippen LogP contribution in [-0.4, -0.2) is 41.9 Å². The van der Waals surface area contributed by atoms with Crippen molar-refractivity contribution in [2.24, 2.45) is 5.92 Å². The summed E-state index contributed by atoms with van der Waals surface area (Å²) in [5.74, 6) is -1.73. The van der Waals surface area contributed by atoms with Crippen LogP contribution in [0.3, 0.4) is 0 Å². The van der Waals surface area contributed by atoms with Gasteiger partial charge in [0.2, 0.25) is 10.0 Å². The minimum atomic E-state index is -3.93. The van der Waals surface area contributed by atoms with E-state index in [2.05, 4.69) is 4.98 Å². The van der Waals surface area contributed by atoms with E-state index >= 15 is 0 Å². The molecule has 0 saturated carbocycles. The second-order valence-electron chi connectivity index (χ2n) is 4.40. The normalized spacial score (nSPS) is 21.2. The molecular weight excluding hydrogens is 272 g/mol. The molecule has 1 aromatic heterocycles. The first kappa shape index (κ1) is 13.8. The van der Waals surface area contributed by atoms with Crippen molar-refractivity contribution >= 4 is 16.0 Å². The summed E-state index contributed by atoms with van der Waals surface area (Å²) in [5.41, 5.74) is -0.694. The highest BCUT2D eigenvalue weighted by Crippen LogP contribution is 2.22. The molecule has 1 aliphatic heterocycles. The summed E-state index contributed by atoms with van der Waals surface area (Å²) in [6.45, 7) is 0.145. The number of piperidine rings is 1. The topological polar surface area (TPSA) is 108 Å². The minimum Gasteiger partial charge on any atom is -0.481 e. The van der Waals surface area contributed by atoms with Crippen molar-refractivity contribution in [3.63, 3.8) is 0 Å². The van der Waals surface area contributed by atoms with Crippen LogP contribution in [0.5, 0.6) is 0 Å².